The van der Waals surface area contributed by atoms with E-state index >= 15 is 0 Å². The van der Waals surface area contributed by atoms with Gasteiger partial charge in [-0.25, -0.2) is 5.41 Å². The van der Waals surface area contributed by atoms with Crippen molar-refractivity contribution in [3.05, 3.63) is 29.8 Å². The minimum absolute atomic E-state index is 0.563. The molecule has 0 spiro atoms. The third-order valence-corrected chi connectivity index (χ3v) is 2.40. The first-order chi connectivity index (χ1) is 6.13. The minimum Gasteiger partial charge on any atom is -0.343 e. The maximum Gasteiger partial charge on any atom is 0.218 e. The molecular formula is C8H10NO2PS. The Hall–Kier alpha value is -0.790. The molecule has 0 saturated carbocycles. The molecule has 2 N–H and O–H groups in total. The van der Waals surface area contributed by atoms with Gasteiger partial charge in [-0.05, 0) is 30.8 Å². The average molecular weight is 215 g/mol. The van der Waals surface area contributed by atoms with Crippen molar-refractivity contribution in [1.29, 1.82) is 5.41 Å². The maximum atomic E-state index is 10.6. The highest BCUT2D eigenvalue weighted by atomic mass is 32.1. The first-order valence-corrected chi connectivity index (χ1v) is 5.22. The Morgan fingerprint density at radius 1 is 1.54 bits per heavy atom. The molecule has 70 valence electrons. The van der Waals surface area contributed by atoms with E-state index in [-0.39, 0.29) is 0 Å². The van der Waals surface area contributed by atoms with Crippen molar-refractivity contribution in [3.8, 4) is 0 Å². The molecule has 0 saturated heterocycles. The lowest BCUT2D eigenvalue weighted by atomic mass is 10.2. The highest BCUT2D eigenvalue weighted by Crippen LogP contribution is 2.14. The van der Waals surface area contributed by atoms with Gasteiger partial charge in [-0.3, -0.25) is 4.57 Å². The van der Waals surface area contributed by atoms with Crippen LogP contribution in [-0.4, -0.2) is 10.1 Å². The molecule has 5 heteroatoms. The molecule has 0 heterocycles. The summed E-state index contributed by atoms with van der Waals surface area (Å²) in [6.45, 7) is 1.83. The predicted octanol–water partition coefficient (Wildman–Crippen LogP) is 1.76. The van der Waals surface area contributed by atoms with Crippen molar-refractivity contribution >= 4 is 30.7 Å². The molecule has 0 fully saturated rings. The van der Waals surface area contributed by atoms with E-state index in [1.165, 1.54) is 0 Å². The van der Waals surface area contributed by atoms with Gasteiger partial charge < -0.3 is 4.89 Å². The van der Waals surface area contributed by atoms with Crippen LogP contribution in [0.5, 0.6) is 0 Å². The molecule has 1 aromatic carbocycles. The Labute approximate surface area is 82.8 Å². The normalized spacial score (nSPS) is 10.6. The molecule has 0 bridgehead atoms. The number of aryl methyl sites for hydroxylation is 1. The van der Waals surface area contributed by atoms with Gasteiger partial charge in [-0.1, -0.05) is 18.2 Å². The molecule has 13 heavy (non-hydrogen) atoms. The van der Waals surface area contributed by atoms with E-state index < -0.39 is 8.03 Å². The summed E-state index contributed by atoms with van der Waals surface area (Å²) in [7, 11) is -2.49. The zero-order valence-electron chi connectivity index (χ0n) is 7.07. The van der Waals surface area contributed by atoms with Crippen LogP contribution < -0.4 is 5.30 Å². The number of hydrogen-bond acceptors (Lipinski definition) is 3. The van der Waals surface area contributed by atoms with Crippen LogP contribution in [0.3, 0.4) is 0 Å². The number of nitrogens with one attached hydrogen (secondary N) is 1. The number of isothiocyanates is 1. The van der Waals surface area contributed by atoms with Gasteiger partial charge in [-0.2, -0.15) is 0 Å². The second-order valence-corrected chi connectivity index (χ2v) is 3.58. The second kappa shape index (κ2) is 6.70. The monoisotopic (exact) mass is 215 g/mol. The highest BCUT2D eigenvalue weighted by molar-refractivity contribution is 7.78. The van der Waals surface area contributed by atoms with E-state index in [1.54, 1.807) is 17.3 Å². The number of benzene rings is 1. The van der Waals surface area contributed by atoms with Crippen LogP contribution >= 0.6 is 20.2 Å². The van der Waals surface area contributed by atoms with Crippen LogP contribution in [0.25, 0.3) is 0 Å². The number of hydrogen-bond donors (Lipinski definition) is 2. The fourth-order valence-electron chi connectivity index (χ4n) is 0.813. The summed E-state index contributed by atoms with van der Waals surface area (Å²) >= 11 is 3.81. The Morgan fingerprint density at radius 3 is 2.31 bits per heavy atom. The average Bonchev–Trinajstić information content (AvgIpc) is 2.06. The Bertz CT molecular complexity index is 335. The Morgan fingerprint density at radius 2 is 2.00 bits per heavy atom. The van der Waals surface area contributed by atoms with Gasteiger partial charge in [0.25, 0.3) is 0 Å². The van der Waals surface area contributed by atoms with Gasteiger partial charge in [-0.15, -0.1) is 0 Å². The van der Waals surface area contributed by atoms with Gasteiger partial charge >= 0.3 is 0 Å². The highest BCUT2D eigenvalue weighted by Gasteiger charge is 1.99. The SMILES string of the molecule is Cc1ccccc1[PH](=O)O.N=C=S. The maximum absolute atomic E-state index is 10.6. The van der Waals surface area contributed by atoms with E-state index in [9.17, 15) is 4.57 Å². The van der Waals surface area contributed by atoms with Gasteiger partial charge in [0.1, 0.15) is 0 Å². The zero-order chi connectivity index (χ0) is 10.3. The van der Waals surface area contributed by atoms with Crippen molar-refractivity contribution in [2.24, 2.45) is 0 Å². The summed E-state index contributed by atoms with van der Waals surface area (Å²) in [6, 6.07) is 7.12. The lowest BCUT2D eigenvalue weighted by molar-refractivity contribution is 0.513. The fourth-order valence-corrected chi connectivity index (χ4v) is 1.47. The summed E-state index contributed by atoms with van der Waals surface area (Å²) in [4.78, 5) is 8.75. The van der Waals surface area contributed by atoms with Crippen molar-refractivity contribution < 1.29 is 9.46 Å². The molecule has 1 atom stereocenters. The van der Waals surface area contributed by atoms with Crippen LogP contribution in [0.2, 0.25) is 0 Å². The fraction of sp³-hybridized carbons (Fsp3) is 0.125. The van der Waals surface area contributed by atoms with Crippen LogP contribution in [-0.2, 0) is 4.57 Å². The molecule has 1 rings (SSSR count). The van der Waals surface area contributed by atoms with Gasteiger partial charge in [0, 0.05) is 5.30 Å². The lowest BCUT2D eigenvalue weighted by Crippen LogP contribution is -1.99. The van der Waals surface area contributed by atoms with E-state index in [4.69, 9.17) is 10.3 Å². The Kier molecular flexibility index (Phi) is 6.29. The molecule has 0 radical (unpaired) electrons. The first kappa shape index (κ1) is 12.2. The third kappa shape index (κ3) is 4.71. The molecule has 1 unspecified atom stereocenters. The molecule has 3 nitrogen and oxygen atoms in total. The summed E-state index contributed by atoms with van der Waals surface area (Å²) in [5.41, 5.74) is 0.883. The lowest BCUT2D eigenvalue weighted by Gasteiger charge is -1.97. The van der Waals surface area contributed by atoms with E-state index in [2.05, 4.69) is 12.2 Å². The minimum atomic E-state index is -2.49. The smallest absolute Gasteiger partial charge is 0.218 e. The number of rotatable bonds is 1. The van der Waals surface area contributed by atoms with Crippen molar-refractivity contribution in [2.75, 3.05) is 0 Å². The van der Waals surface area contributed by atoms with Crippen molar-refractivity contribution in [2.45, 2.75) is 6.92 Å². The van der Waals surface area contributed by atoms with Crippen LogP contribution in [0.15, 0.2) is 24.3 Å². The van der Waals surface area contributed by atoms with E-state index in [1.807, 2.05) is 19.1 Å². The van der Waals surface area contributed by atoms with Crippen LogP contribution in [0.4, 0.5) is 0 Å². The summed E-state index contributed by atoms with van der Waals surface area (Å²) < 4.78 is 10.6. The molecule has 0 aliphatic carbocycles. The van der Waals surface area contributed by atoms with Gasteiger partial charge in [0.05, 0.1) is 5.16 Å². The van der Waals surface area contributed by atoms with Crippen LogP contribution in [0.1, 0.15) is 5.56 Å². The van der Waals surface area contributed by atoms with E-state index in [0.29, 0.717) is 5.30 Å². The first-order valence-electron chi connectivity index (χ1n) is 3.46. The van der Waals surface area contributed by atoms with Crippen molar-refractivity contribution in [3.63, 3.8) is 0 Å². The molecule has 0 aliphatic heterocycles. The number of thiocarbonyl (C=S) groups is 1. The molecule has 0 amide bonds. The molecule has 0 aliphatic rings. The van der Waals surface area contributed by atoms with Gasteiger partial charge in [0.15, 0.2) is 0 Å². The quantitative estimate of drug-likeness (QED) is 0.426. The van der Waals surface area contributed by atoms with Crippen LogP contribution in [0, 0.1) is 12.3 Å². The largest absolute Gasteiger partial charge is 0.343 e. The predicted molar refractivity (Wildman–Crippen MR) is 57.4 cm³/mol. The third-order valence-electron chi connectivity index (χ3n) is 1.38. The molecule has 0 aromatic heterocycles. The standard InChI is InChI=1S/C7H9O2P.CHNS/c1-6-4-2-3-5-7(6)10(8)9;2-1-3/h2-5,10H,1H3,(H,8,9);2H. The molecule has 1 aromatic rings. The Balaban J connectivity index is 0.000000424. The summed E-state index contributed by atoms with van der Waals surface area (Å²) in [6.07, 6.45) is 0. The zero-order valence-corrected chi connectivity index (χ0v) is 8.89. The summed E-state index contributed by atoms with van der Waals surface area (Å²) in [5.74, 6) is 0. The summed E-state index contributed by atoms with van der Waals surface area (Å²) in [5, 5.41) is 7.92. The van der Waals surface area contributed by atoms with Crippen molar-refractivity contribution in [1.82, 2.24) is 0 Å². The van der Waals surface area contributed by atoms with E-state index in [0.717, 1.165) is 5.56 Å². The second-order valence-electron chi connectivity index (χ2n) is 2.22. The molecular weight excluding hydrogens is 205 g/mol. The topological polar surface area (TPSA) is 61.1 Å². The van der Waals surface area contributed by atoms with Gasteiger partial charge in [0.2, 0.25) is 8.03 Å².